The number of ketones is 1. The van der Waals surface area contributed by atoms with Gasteiger partial charge in [-0.05, 0) is 42.0 Å². The fourth-order valence-electron chi connectivity index (χ4n) is 2.75. The van der Waals surface area contributed by atoms with E-state index in [2.05, 4.69) is 4.98 Å². The lowest BCUT2D eigenvalue weighted by atomic mass is 10.1. The number of allylic oxidation sites excluding steroid dienone is 1. The van der Waals surface area contributed by atoms with Crippen LogP contribution in [0, 0.1) is 0 Å². The Morgan fingerprint density at radius 3 is 2.62 bits per heavy atom. The Balaban J connectivity index is 1.48. The molecule has 2 heterocycles. The molecule has 5 heteroatoms. The number of ether oxygens (including phenoxy) is 2. The zero-order valence-electron chi connectivity index (χ0n) is 14.2. The second-order valence-corrected chi connectivity index (χ2v) is 5.97. The van der Waals surface area contributed by atoms with Crippen molar-refractivity contribution in [1.29, 1.82) is 0 Å². The van der Waals surface area contributed by atoms with E-state index in [4.69, 9.17) is 9.47 Å². The molecule has 130 valence electrons. The summed E-state index contributed by atoms with van der Waals surface area (Å²) >= 11 is 0. The first kappa shape index (κ1) is 16.1. The van der Waals surface area contributed by atoms with Gasteiger partial charge in [0.15, 0.2) is 17.3 Å². The minimum absolute atomic E-state index is 0.0701. The van der Waals surface area contributed by atoms with Gasteiger partial charge in [0, 0.05) is 30.1 Å². The van der Waals surface area contributed by atoms with Crippen LogP contribution in [-0.2, 0) is 0 Å². The van der Waals surface area contributed by atoms with Crippen LogP contribution in [0.3, 0.4) is 0 Å². The molecule has 1 aromatic heterocycles. The number of carbonyl (C=O) groups excluding carboxylic acids is 1. The predicted octanol–water partition coefficient (Wildman–Crippen LogP) is 3.93. The van der Waals surface area contributed by atoms with E-state index >= 15 is 0 Å². The van der Waals surface area contributed by atoms with Crippen LogP contribution in [-0.4, -0.2) is 28.5 Å². The smallest absolute Gasteiger partial charge is 0.185 e. The Kier molecular flexibility index (Phi) is 4.51. The molecule has 0 saturated heterocycles. The SMILES string of the molecule is O=C(/C=C/c1ccc(-n2ccnc2)cc1)c1ccc2c(c1)OCCCO2. The molecule has 0 unspecified atom stereocenters. The highest BCUT2D eigenvalue weighted by Crippen LogP contribution is 2.30. The minimum atomic E-state index is -0.0701. The fraction of sp³-hybridized carbons (Fsp3) is 0.143. The van der Waals surface area contributed by atoms with Gasteiger partial charge in [0.1, 0.15) is 0 Å². The fourth-order valence-corrected chi connectivity index (χ4v) is 2.75. The molecular weight excluding hydrogens is 328 g/mol. The molecule has 2 aromatic carbocycles. The van der Waals surface area contributed by atoms with E-state index in [9.17, 15) is 4.79 Å². The Bertz CT molecular complexity index is 928. The molecule has 0 atom stereocenters. The summed E-state index contributed by atoms with van der Waals surface area (Å²) in [6, 6.07) is 13.2. The van der Waals surface area contributed by atoms with Crippen LogP contribution in [0.2, 0.25) is 0 Å². The lowest BCUT2D eigenvalue weighted by Crippen LogP contribution is -1.98. The van der Waals surface area contributed by atoms with Crippen molar-refractivity contribution in [3.8, 4) is 17.2 Å². The quantitative estimate of drug-likeness (QED) is 0.530. The second kappa shape index (κ2) is 7.27. The molecule has 0 fully saturated rings. The monoisotopic (exact) mass is 346 g/mol. The number of nitrogens with zero attached hydrogens (tertiary/aromatic N) is 2. The van der Waals surface area contributed by atoms with Crippen LogP contribution in [0.1, 0.15) is 22.3 Å². The first-order valence-corrected chi connectivity index (χ1v) is 8.50. The molecular formula is C21H18N2O3. The van der Waals surface area contributed by atoms with Crippen LogP contribution in [0.4, 0.5) is 0 Å². The molecule has 3 aromatic rings. The normalized spacial score (nSPS) is 13.5. The third-order valence-corrected chi connectivity index (χ3v) is 4.15. The van der Waals surface area contributed by atoms with Gasteiger partial charge in [-0.1, -0.05) is 18.2 Å². The van der Waals surface area contributed by atoms with E-state index < -0.39 is 0 Å². The first-order valence-electron chi connectivity index (χ1n) is 8.50. The number of rotatable bonds is 4. The van der Waals surface area contributed by atoms with Gasteiger partial charge in [-0.25, -0.2) is 4.98 Å². The Morgan fingerprint density at radius 2 is 1.85 bits per heavy atom. The first-order chi connectivity index (χ1) is 12.8. The van der Waals surface area contributed by atoms with Gasteiger partial charge >= 0.3 is 0 Å². The summed E-state index contributed by atoms with van der Waals surface area (Å²) in [7, 11) is 0. The average molecular weight is 346 g/mol. The summed E-state index contributed by atoms with van der Waals surface area (Å²) in [5.74, 6) is 1.25. The lowest BCUT2D eigenvalue weighted by molar-refractivity contribution is 0.104. The highest BCUT2D eigenvalue weighted by atomic mass is 16.5. The molecule has 0 N–H and O–H groups in total. The van der Waals surface area contributed by atoms with E-state index in [1.165, 1.54) is 0 Å². The zero-order chi connectivity index (χ0) is 17.8. The van der Waals surface area contributed by atoms with Gasteiger partial charge in [-0.2, -0.15) is 0 Å². The van der Waals surface area contributed by atoms with E-state index in [0.29, 0.717) is 30.3 Å². The summed E-state index contributed by atoms with van der Waals surface area (Å²) in [5.41, 5.74) is 2.56. The van der Waals surface area contributed by atoms with Crippen molar-refractivity contribution >= 4 is 11.9 Å². The molecule has 0 saturated carbocycles. The van der Waals surface area contributed by atoms with Crippen molar-refractivity contribution in [3.63, 3.8) is 0 Å². The number of benzene rings is 2. The van der Waals surface area contributed by atoms with Gasteiger partial charge in [0.05, 0.1) is 19.5 Å². The highest BCUT2D eigenvalue weighted by Gasteiger charge is 2.12. The third-order valence-electron chi connectivity index (χ3n) is 4.15. The van der Waals surface area contributed by atoms with Gasteiger partial charge in [0.2, 0.25) is 0 Å². The van der Waals surface area contributed by atoms with Gasteiger partial charge in [0.25, 0.3) is 0 Å². The molecule has 5 nitrogen and oxygen atoms in total. The molecule has 4 rings (SSSR count). The van der Waals surface area contributed by atoms with Gasteiger partial charge in [-0.3, -0.25) is 4.79 Å². The minimum Gasteiger partial charge on any atom is -0.490 e. The van der Waals surface area contributed by atoms with Crippen LogP contribution >= 0.6 is 0 Å². The predicted molar refractivity (Wildman–Crippen MR) is 99.0 cm³/mol. The molecule has 0 amide bonds. The van der Waals surface area contributed by atoms with Gasteiger partial charge in [-0.15, -0.1) is 0 Å². The van der Waals surface area contributed by atoms with E-state index in [-0.39, 0.29) is 5.78 Å². The largest absolute Gasteiger partial charge is 0.490 e. The maximum atomic E-state index is 12.4. The molecule has 0 radical (unpaired) electrons. The maximum Gasteiger partial charge on any atom is 0.185 e. The summed E-state index contributed by atoms with van der Waals surface area (Å²) in [6.45, 7) is 1.24. The summed E-state index contributed by atoms with van der Waals surface area (Å²) in [6.07, 6.45) is 9.60. The molecule has 1 aliphatic heterocycles. The average Bonchev–Trinajstić information content (AvgIpc) is 3.11. The number of imidazole rings is 1. The maximum absolute atomic E-state index is 12.4. The van der Waals surface area contributed by atoms with Crippen LogP contribution in [0.25, 0.3) is 11.8 Å². The summed E-state index contributed by atoms with van der Waals surface area (Å²) < 4.78 is 13.2. The number of aromatic nitrogens is 2. The van der Waals surface area contributed by atoms with Crippen molar-refractivity contribution in [3.05, 3.63) is 78.4 Å². The molecule has 0 spiro atoms. The van der Waals surface area contributed by atoms with Crippen molar-refractivity contribution in [2.45, 2.75) is 6.42 Å². The van der Waals surface area contributed by atoms with Crippen molar-refractivity contribution in [2.24, 2.45) is 0 Å². The summed E-state index contributed by atoms with van der Waals surface area (Å²) in [5, 5.41) is 0. The molecule has 1 aliphatic rings. The van der Waals surface area contributed by atoms with E-state index in [1.807, 2.05) is 41.1 Å². The highest BCUT2D eigenvalue weighted by molar-refractivity contribution is 6.07. The van der Waals surface area contributed by atoms with Crippen molar-refractivity contribution < 1.29 is 14.3 Å². The number of carbonyl (C=O) groups is 1. The van der Waals surface area contributed by atoms with Crippen LogP contribution in [0.5, 0.6) is 11.5 Å². The number of fused-ring (bicyclic) bond motifs is 1. The molecule has 0 aliphatic carbocycles. The van der Waals surface area contributed by atoms with Crippen LogP contribution < -0.4 is 9.47 Å². The lowest BCUT2D eigenvalue weighted by Gasteiger charge is -2.07. The Labute approximate surface area is 151 Å². The Morgan fingerprint density at radius 1 is 1.04 bits per heavy atom. The molecule has 0 bridgehead atoms. The third kappa shape index (κ3) is 3.52. The van der Waals surface area contributed by atoms with Crippen molar-refractivity contribution in [1.82, 2.24) is 9.55 Å². The van der Waals surface area contributed by atoms with Crippen molar-refractivity contribution in [2.75, 3.05) is 13.2 Å². The molecule has 26 heavy (non-hydrogen) atoms. The van der Waals surface area contributed by atoms with Gasteiger partial charge < -0.3 is 14.0 Å². The Hall–Kier alpha value is -3.34. The van der Waals surface area contributed by atoms with E-state index in [1.54, 1.807) is 36.8 Å². The topological polar surface area (TPSA) is 53.4 Å². The number of hydrogen-bond acceptors (Lipinski definition) is 4. The van der Waals surface area contributed by atoms with Crippen LogP contribution in [0.15, 0.2) is 67.3 Å². The zero-order valence-corrected chi connectivity index (χ0v) is 14.2. The second-order valence-electron chi connectivity index (χ2n) is 5.97. The standard InChI is InChI=1S/C21H18N2O3/c24-19(17-5-9-20-21(14-17)26-13-1-12-25-20)8-4-16-2-6-18(7-3-16)23-11-10-22-15-23/h2-11,14-15H,1,12-13H2/b8-4+. The van der Waals surface area contributed by atoms with E-state index in [0.717, 1.165) is 17.7 Å². The number of hydrogen-bond donors (Lipinski definition) is 0. The summed E-state index contributed by atoms with van der Waals surface area (Å²) in [4.78, 5) is 16.5.